The van der Waals surface area contributed by atoms with Crippen LogP contribution in [0, 0.1) is 0 Å². The number of nitrogens with zero attached hydrogens (tertiary/aromatic N) is 1. The predicted molar refractivity (Wildman–Crippen MR) is 65.2 cm³/mol. The van der Waals surface area contributed by atoms with Gasteiger partial charge >= 0.3 is 0 Å². The Kier molecular flexibility index (Phi) is 8.48. The average Bonchev–Trinajstić information content (AvgIpc) is 2.15. The van der Waals surface area contributed by atoms with Gasteiger partial charge in [0.05, 0.1) is 5.57 Å². The molecule has 76 valence electrons. The van der Waals surface area contributed by atoms with Gasteiger partial charge in [-0.2, -0.15) is 0 Å². The van der Waals surface area contributed by atoms with Gasteiger partial charge in [-0.25, -0.2) is 0 Å². The van der Waals surface area contributed by atoms with E-state index in [1.165, 1.54) is 6.21 Å². The Balaban J connectivity index is 4.52. The zero-order chi connectivity index (χ0) is 10.8. The highest BCUT2D eigenvalue weighted by Gasteiger charge is 1.99. The summed E-state index contributed by atoms with van der Waals surface area (Å²) in [6.07, 6.45) is 9.98. The summed E-state index contributed by atoms with van der Waals surface area (Å²) in [6, 6.07) is 0. The van der Waals surface area contributed by atoms with E-state index in [0.717, 1.165) is 5.33 Å². The highest BCUT2D eigenvalue weighted by Crippen LogP contribution is 1.98. The standard InChI is InChI=1S/C10H11BrClNO/c1-2-7-13-8-9(10(12)14)5-3-4-6-11/h2-5,7-8H,6H2,1H3. The fourth-order valence-corrected chi connectivity index (χ4v) is 0.919. The lowest BCUT2D eigenvalue weighted by atomic mass is 10.3. The number of hydrogen-bond donors (Lipinski definition) is 0. The van der Waals surface area contributed by atoms with Gasteiger partial charge in [0.1, 0.15) is 0 Å². The van der Waals surface area contributed by atoms with E-state index >= 15 is 0 Å². The van der Waals surface area contributed by atoms with Gasteiger partial charge in [0.2, 0.25) is 0 Å². The van der Waals surface area contributed by atoms with Crippen molar-refractivity contribution >= 4 is 39.0 Å². The van der Waals surface area contributed by atoms with Crippen LogP contribution in [0.2, 0.25) is 0 Å². The van der Waals surface area contributed by atoms with Gasteiger partial charge in [0.25, 0.3) is 5.24 Å². The molecular weight excluding hydrogens is 265 g/mol. The van der Waals surface area contributed by atoms with Crippen LogP contribution >= 0.6 is 27.5 Å². The third-order valence-corrected chi connectivity index (χ3v) is 1.77. The largest absolute Gasteiger partial charge is 0.276 e. The van der Waals surface area contributed by atoms with Crippen molar-refractivity contribution in [2.24, 2.45) is 4.99 Å². The van der Waals surface area contributed by atoms with E-state index in [-0.39, 0.29) is 0 Å². The van der Waals surface area contributed by atoms with Gasteiger partial charge in [0.15, 0.2) is 0 Å². The minimum atomic E-state index is -0.516. The molecule has 0 amide bonds. The number of carbonyl (C=O) groups excluding carboxylic acids is 1. The van der Waals surface area contributed by atoms with E-state index in [1.807, 2.05) is 13.0 Å². The minimum Gasteiger partial charge on any atom is -0.276 e. The van der Waals surface area contributed by atoms with Crippen molar-refractivity contribution in [3.63, 3.8) is 0 Å². The van der Waals surface area contributed by atoms with E-state index in [4.69, 9.17) is 11.6 Å². The van der Waals surface area contributed by atoms with Crippen LogP contribution in [0.5, 0.6) is 0 Å². The number of allylic oxidation sites excluding steroid dienone is 5. The molecule has 0 fully saturated rings. The van der Waals surface area contributed by atoms with Gasteiger partial charge < -0.3 is 0 Å². The van der Waals surface area contributed by atoms with Crippen LogP contribution in [-0.2, 0) is 4.79 Å². The number of rotatable bonds is 5. The molecule has 4 heteroatoms. The van der Waals surface area contributed by atoms with Crippen LogP contribution in [0.4, 0.5) is 0 Å². The van der Waals surface area contributed by atoms with Crippen molar-refractivity contribution in [2.75, 3.05) is 5.33 Å². The zero-order valence-electron chi connectivity index (χ0n) is 7.78. The maximum Gasteiger partial charge on any atom is 0.253 e. The van der Waals surface area contributed by atoms with Gasteiger partial charge in [-0.1, -0.05) is 34.2 Å². The quantitative estimate of drug-likeness (QED) is 0.249. The van der Waals surface area contributed by atoms with Crippen molar-refractivity contribution < 1.29 is 4.79 Å². The average molecular weight is 277 g/mol. The molecular formula is C10H11BrClNO. The first-order valence-corrected chi connectivity index (χ1v) is 5.49. The molecule has 0 heterocycles. The molecule has 2 nitrogen and oxygen atoms in total. The molecule has 0 saturated heterocycles. The molecule has 0 spiro atoms. The second kappa shape index (κ2) is 8.91. The minimum absolute atomic E-state index is 0.363. The summed E-state index contributed by atoms with van der Waals surface area (Å²) in [4.78, 5) is 14.7. The molecule has 14 heavy (non-hydrogen) atoms. The van der Waals surface area contributed by atoms with Crippen LogP contribution in [-0.4, -0.2) is 16.8 Å². The molecule has 0 saturated carbocycles. The Bertz CT molecular complexity index is 292. The summed E-state index contributed by atoms with van der Waals surface area (Å²) in [6.45, 7) is 1.84. The lowest BCUT2D eigenvalue weighted by molar-refractivity contribution is -0.108. The van der Waals surface area contributed by atoms with Crippen LogP contribution in [0.15, 0.2) is 41.1 Å². The molecule has 0 aromatic carbocycles. The Morgan fingerprint density at radius 2 is 2.29 bits per heavy atom. The number of aliphatic imine (C=N–C) groups is 1. The van der Waals surface area contributed by atoms with Crippen molar-refractivity contribution in [3.8, 4) is 0 Å². The molecule has 0 radical (unpaired) electrons. The van der Waals surface area contributed by atoms with Crippen LogP contribution in [0.25, 0.3) is 0 Å². The summed E-state index contributed by atoms with van der Waals surface area (Å²) in [5.74, 6) is 0. The Labute approximate surface area is 97.2 Å². The Hall–Kier alpha value is -0.670. The first-order chi connectivity index (χ1) is 6.72. The molecule has 0 aromatic rings. The number of carbonyl (C=O) groups is 1. The first-order valence-electron chi connectivity index (χ1n) is 3.99. The normalized spacial score (nSPS) is 13.5. The highest BCUT2D eigenvalue weighted by atomic mass is 79.9. The SMILES string of the molecule is CC=CN=CC(=CC=CCBr)C(=O)Cl. The molecule has 0 atom stereocenters. The van der Waals surface area contributed by atoms with Gasteiger partial charge in [-0.15, -0.1) is 0 Å². The van der Waals surface area contributed by atoms with E-state index in [1.54, 1.807) is 24.4 Å². The van der Waals surface area contributed by atoms with Gasteiger partial charge in [-0.05, 0) is 24.6 Å². The summed E-state index contributed by atoms with van der Waals surface area (Å²) >= 11 is 8.56. The summed E-state index contributed by atoms with van der Waals surface area (Å²) in [5.41, 5.74) is 0.363. The van der Waals surface area contributed by atoms with E-state index in [2.05, 4.69) is 20.9 Å². The van der Waals surface area contributed by atoms with Gasteiger partial charge in [0, 0.05) is 17.7 Å². The fraction of sp³-hybridized carbons (Fsp3) is 0.200. The van der Waals surface area contributed by atoms with Crippen molar-refractivity contribution in [3.05, 3.63) is 36.1 Å². The molecule has 0 aliphatic rings. The van der Waals surface area contributed by atoms with E-state index in [9.17, 15) is 4.79 Å². The summed E-state index contributed by atoms with van der Waals surface area (Å²) in [5, 5.41) is 0.219. The summed E-state index contributed by atoms with van der Waals surface area (Å²) < 4.78 is 0. The molecule has 0 N–H and O–H groups in total. The maximum absolute atomic E-state index is 10.9. The molecule has 0 aromatic heterocycles. The lowest BCUT2D eigenvalue weighted by Crippen LogP contribution is -1.93. The van der Waals surface area contributed by atoms with Crippen molar-refractivity contribution in [1.82, 2.24) is 0 Å². The monoisotopic (exact) mass is 275 g/mol. The van der Waals surface area contributed by atoms with Crippen molar-refractivity contribution in [2.45, 2.75) is 6.92 Å². The fourth-order valence-electron chi connectivity index (χ4n) is 0.592. The third kappa shape index (κ3) is 6.80. The molecule has 0 aliphatic heterocycles. The zero-order valence-corrected chi connectivity index (χ0v) is 10.1. The molecule has 0 bridgehead atoms. The van der Waals surface area contributed by atoms with Crippen molar-refractivity contribution in [1.29, 1.82) is 0 Å². The summed E-state index contributed by atoms with van der Waals surface area (Å²) in [7, 11) is 0. The lowest BCUT2D eigenvalue weighted by Gasteiger charge is -1.89. The first kappa shape index (κ1) is 13.3. The van der Waals surface area contributed by atoms with E-state index in [0.29, 0.717) is 5.57 Å². The smallest absolute Gasteiger partial charge is 0.253 e. The number of hydrogen-bond acceptors (Lipinski definition) is 2. The maximum atomic E-state index is 10.9. The molecule has 0 rings (SSSR count). The van der Waals surface area contributed by atoms with Crippen LogP contribution in [0.3, 0.4) is 0 Å². The third-order valence-electron chi connectivity index (χ3n) is 1.18. The second-order valence-electron chi connectivity index (χ2n) is 2.24. The van der Waals surface area contributed by atoms with Crippen LogP contribution < -0.4 is 0 Å². The van der Waals surface area contributed by atoms with E-state index < -0.39 is 5.24 Å². The van der Waals surface area contributed by atoms with Gasteiger partial charge in [-0.3, -0.25) is 9.79 Å². The number of alkyl halides is 1. The Morgan fingerprint density at radius 1 is 1.57 bits per heavy atom. The van der Waals surface area contributed by atoms with Crippen LogP contribution in [0.1, 0.15) is 6.92 Å². The molecule has 0 unspecified atom stereocenters. The topological polar surface area (TPSA) is 29.4 Å². The second-order valence-corrected chi connectivity index (χ2v) is 3.23. The number of halogens is 2. The highest BCUT2D eigenvalue weighted by molar-refractivity contribution is 9.09. The Morgan fingerprint density at radius 3 is 2.79 bits per heavy atom. The predicted octanol–water partition coefficient (Wildman–Crippen LogP) is 3.23. The molecule has 0 aliphatic carbocycles.